The Bertz CT molecular complexity index is 282. The predicted molar refractivity (Wildman–Crippen MR) is 42.5 cm³/mol. The number of nitrogens with zero attached hydrogens (tertiary/aromatic N) is 2. The van der Waals surface area contributed by atoms with Crippen LogP contribution in [0.1, 0.15) is 5.69 Å². The van der Waals surface area contributed by atoms with Crippen molar-refractivity contribution in [3.63, 3.8) is 0 Å². The Hall–Kier alpha value is -1.36. The Balaban J connectivity index is 2.64. The Kier molecular flexibility index (Phi) is 2.44. The summed E-state index contributed by atoms with van der Waals surface area (Å²) in [6.07, 6.45) is 1.93. The summed E-state index contributed by atoms with van der Waals surface area (Å²) in [5, 5.41) is 12.4. The summed E-state index contributed by atoms with van der Waals surface area (Å²) in [6, 6.07) is 0.906. The zero-order chi connectivity index (χ0) is 9.14. The van der Waals surface area contributed by atoms with E-state index < -0.39 is 12.0 Å². The van der Waals surface area contributed by atoms with Crippen molar-refractivity contribution in [3.8, 4) is 0 Å². The molecule has 5 nitrogen and oxygen atoms in total. The van der Waals surface area contributed by atoms with Crippen LogP contribution in [0.4, 0.5) is 0 Å². The molecule has 66 valence electrons. The molecular weight excluding hydrogens is 158 g/mol. The first-order chi connectivity index (χ1) is 5.61. The van der Waals surface area contributed by atoms with Crippen LogP contribution >= 0.6 is 0 Å². The van der Waals surface area contributed by atoms with E-state index in [2.05, 4.69) is 5.10 Å². The number of nitrogens with two attached hydrogens (primary N) is 1. The van der Waals surface area contributed by atoms with Gasteiger partial charge < -0.3 is 10.8 Å². The molecule has 0 aliphatic heterocycles. The van der Waals surface area contributed by atoms with Crippen LogP contribution in [0.25, 0.3) is 0 Å². The van der Waals surface area contributed by atoms with Gasteiger partial charge in [0.2, 0.25) is 0 Å². The first-order valence-corrected chi connectivity index (χ1v) is 3.56. The van der Waals surface area contributed by atoms with E-state index in [0.717, 1.165) is 5.69 Å². The highest BCUT2D eigenvalue weighted by Crippen LogP contribution is 1.99. The molecular formula is C7H11N3O2. The van der Waals surface area contributed by atoms with Crippen molar-refractivity contribution in [2.24, 2.45) is 12.8 Å². The summed E-state index contributed by atoms with van der Waals surface area (Å²) < 4.78 is 1.61. The number of aliphatic carboxylic acids is 1. The largest absolute Gasteiger partial charge is 0.480 e. The zero-order valence-electron chi connectivity index (χ0n) is 6.77. The number of rotatable bonds is 3. The smallest absolute Gasteiger partial charge is 0.320 e. The second-order valence-electron chi connectivity index (χ2n) is 2.60. The van der Waals surface area contributed by atoms with Crippen molar-refractivity contribution >= 4 is 5.97 Å². The minimum absolute atomic E-state index is 0.311. The van der Waals surface area contributed by atoms with Gasteiger partial charge in [-0.3, -0.25) is 9.48 Å². The second-order valence-corrected chi connectivity index (χ2v) is 2.60. The average Bonchev–Trinajstić information content (AvgIpc) is 2.36. The summed E-state index contributed by atoms with van der Waals surface area (Å²) in [4.78, 5) is 10.4. The van der Waals surface area contributed by atoms with E-state index in [9.17, 15) is 4.79 Å². The van der Waals surface area contributed by atoms with Gasteiger partial charge in [0.25, 0.3) is 0 Å². The topological polar surface area (TPSA) is 81.1 Å². The lowest BCUT2D eigenvalue weighted by atomic mass is 10.2. The molecule has 1 aromatic heterocycles. The highest BCUT2D eigenvalue weighted by Gasteiger charge is 2.13. The lowest BCUT2D eigenvalue weighted by molar-refractivity contribution is -0.138. The van der Waals surface area contributed by atoms with Gasteiger partial charge in [-0.2, -0.15) is 5.10 Å². The minimum Gasteiger partial charge on any atom is -0.480 e. The van der Waals surface area contributed by atoms with Crippen molar-refractivity contribution in [2.45, 2.75) is 12.5 Å². The van der Waals surface area contributed by atoms with E-state index in [1.807, 2.05) is 0 Å². The summed E-state index contributed by atoms with van der Waals surface area (Å²) in [7, 11) is 1.75. The molecule has 0 saturated heterocycles. The Morgan fingerprint density at radius 1 is 1.92 bits per heavy atom. The molecule has 5 heteroatoms. The highest BCUT2D eigenvalue weighted by molar-refractivity contribution is 5.73. The summed E-state index contributed by atoms with van der Waals surface area (Å²) in [5.74, 6) is -0.990. The van der Waals surface area contributed by atoms with Crippen LogP contribution < -0.4 is 5.73 Å². The quantitative estimate of drug-likeness (QED) is 0.631. The fourth-order valence-electron chi connectivity index (χ4n) is 0.914. The van der Waals surface area contributed by atoms with Gasteiger partial charge in [-0.05, 0) is 6.07 Å². The van der Waals surface area contributed by atoms with Crippen LogP contribution in [0, 0.1) is 0 Å². The monoisotopic (exact) mass is 169 g/mol. The summed E-state index contributed by atoms with van der Waals surface area (Å²) in [5.41, 5.74) is 6.16. The Morgan fingerprint density at radius 2 is 2.58 bits per heavy atom. The van der Waals surface area contributed by atoms with Crippen molar-refractivity contribution in [1.82, 2.24) is 9.78 Å². The number of aromatic nitrogens is 2. The fourth-order valence-corrected chi connectivity index (χ4v) is 0.914. The van der Waals surface area contributed by atoms with Gasteiger partial charge in [-0.25, -0.2) is 0 Å². The molecule has 0 aliphatic rings. The van der Waals surface area contributed by atoms with E-state index in [0.29, 0.717) is 6.42 Å². The number of hydrogen-bond acceptors (Lipinski definition) is 3. The number of carbonyl (C=O) groups is 1. The fraction of sp³-hybridized carbons (Fsp3) is 0.429. The molecule has 1 unspecified atom stereocenters. The molecule has 0 saturated carbocycles. The maximum Gasteiger partial charge on any atom is 0.320 e. The lowest BCUT2D eigenvalue weighted by Crippen LogP contribution is -2.32. The van der Waals surface area contributed by atoms with Crippen LogP contribution in [-0.4, -0.2) is 26.9 Å². The maximum absolute atomic E-state index is 10.4. The average molecular weight is 169 g/mol. The lowest BCUT2D eigenvalue weighted by Gasteiger charge is -2.05. The number of hydrogen-bond donors (Lipinski definition) is 2. The Morgan fingerprint density at radius 3 is 3.00 bits per heavy atom. The van der Waals surface area contributed by atoms with Crippen LogP contribution in [0.2, 0.25) is 0 Å². The summed E-state index contributed by atoms with van der Waals surface area (Å²) in [6.45, 7) is 0. The van der Waals surface area contributed by atoms with Crippen LogP contribution in [0.15, 0.2) is 12.3 Å². The van der Waals surface area contributed by atoms with Crippen molar-refractivity contribution < 1.29 is 9.90 Å². The molecule has 0 aromatic carbocycles. The normalized spacial score (nSPS) is 12.8. The van der Waals surface area contributed by atoms with Crippen LogP contribution in [0.3, 0.4) is 0 Å². The maximum atomic E-state index is 10.4. The molecule has 0 aliphatic carbocycles. The molecule has 1 heterocycles. The molecule has 0 bridgehead atoms. The van der Waals surface area contributed by atoms with Gasteiger partial charge in [0, 0.05) is 25.4 Å². The van der Waals surface area contributed by atoms with Gasteiger partial charge in [0.15, 0.2) is 0 Å². The molecule has 1 rings (SSSR count). The van der Waals surface area contributed by atoms with E-state index in [4.69, 9.17) is 10.8 Å². The molecule has 0 spiro atoms. The van der Waals surface area contributed by atoms with Gasteiger partial charge in [0.1, 0.15) is 6.04 Å². The van der Waals surface area contributed by atoms with E-state index in [1.165, 1.54) is 0 Å². The van der Waals surface area contributed by atoms with E-state index >= 15 is 0 Å². The van der Waals surface area contributed by atoms with Crippen LogP contribution in [-0.2, 0) is 18.3 Å². The number of carboxylic acid groups (broad SMARTS) is 1. The van der Waals surface area contributed by atoms with Crippen molar-refractivity contribution in [1.29, 1.82) is 0 Å². The van der Waals surface area contributed by atoms with Gasteiger partial charge >= 0.3 is 5.97 Å². The molecule has 0 fully saturated rings. The third-order valence-electron chi connectivity index (χ3n) is 1.67. The van der Waals surface area contributed by atoms with Crippen molar-refractivity contribution in [2.75, 3.05) is 0 Å². The van der Waals surface area contributed by atoms with E-state index in [1.54, 1.807) is 24.0 Å². The first-order valence-electron chi connectivity index (χ1n) is 3.56. The van der Waals surface area contributed by atoms with Crippen LogP contribution in [0.5, 0.6) is 0 Å². The Labute approximate surface area is 69.8 Å². The molecule has 3 N–H and O–H groups in total. The van der Waals surface area contributed by atoms with E-state index in [-0.39, 0.29) is 0 Å². The molecule has 0 radical (unpaired) electrons. The third kappa shape index (κ3) is 1.82. The van der Waals surface area contributed by atoms with Gasteiger partial charge in [-0.1, -0.05) is 0 Å². The SMILES string of the molecule is Cn1nccc1CC(N)C(=O)O. The second kappa shape index (κ2) is 3.36. The van der Waals surface area contributed by atoms with Crippen molar-refractivity contribution in [3.05, 3.63) is 18.0 Å². The summed E-state index contributed by atoms with van der Waals surface area (Å²) >= 11 is 0. The highest BCUT2D eigenvalue weighted by atomic mass is 16.4. The predicted octanol–water partition coefficient (Wildman–Crippen LogP) is -0.625. The molecule has 12 heavy (non-hydrogen) atoms. The molecule has 1 atom stereocenters. The minimum atomic E-state index is -0.990. The standard InChI is InChI=1S/C7H11N3O2/c1-10-5(2-3-9-10)4-6(8)7(11)12/h2-3,6H,4,8H2,1H3,(H,11,12). The number of aryl methyl sites for hydroxylation is 1. The van der Waals surface area contributed by atoms with Gasteiger partial charge in [-0.15, -0.1) is 0 Å². The molecule has 0 amide bonds. The van der Waals surface area contributed by atoms with Gasteiger partial charge in [0.05, 0.1) is 0 Å². The molecule has 1 aromatic rings. The zero-order valence-corrected chi connectivity index (χ0v) is 6.77. The third-order valence-corrected chi connectivity index (χ3v) is 1.67. The number of carboxylic acids is 1. The first kappa shape index (κ1) is 8.73.